The van der Waals surface area contributed by atoms with Crippen LogP contribution in [0.2, 0.25) is 0 Å². The van der Waals surface area contributed by atoms with Gasteiger partial charge in [0.2, 0.25) is 10.0 Å². The smallest absolute Gasteiger partial charge is 0.253 e. The molecule has 2 aliphatic heterocycles. The molecule has 1 amide bonds. The zero-order valence-electron chi connectivity index (χ0n) is 13.6. The summed E-state index contributed by atoms with van der Waals surface area (Å²) in [5.41, 5.74) is 0.472. The van der Waals surface area contributed by atoms with E-state index in [0.717, 1.165) is 38.8 Å². The number of rotatable bonds is 3. The Balaban J connectivity index is 1.83. The molecule has 0 unspecified atom stereocenters. The Labute approximate surface area is 138 Å². The minimum atomic E-state index is -3.47. The molecular weight excluding hydrogens is 312 g/mol. The fourth-order valence-corrected chi connectivity index (χ4v) is 4.99. The Morgan fingerprint density at radius 2 is 1.87 bits per heavy atom. The van der Waals surface area contributed by atoms with Crippen molar-refractivity contribution in [3.8, 4) is 0 Å². The molecular formula is C17H24N2O3S. The van der Waals surface area contributed by atoms with Crippen LogP contribution in [0.5, 0.6) is 0 Å². The third kappa shape index (κ3) is 3.43. The first-order valence-electron chi connectivity index (χ1n) is 8.38. The number of hydrogen-bond donors (Lipinski definition) is 0. The lowest BCUT2D eigenvalue weighted by atomic mass is 9.99. The van der Waals surface area contributed by atoms with Crippen molar-refractivity contribution in [2.45, 2.75) is 37.5 Å². The molecule has 2 heterocycles. The number of benzene rings is 1. The third-order valence-electron chi connectivity index (χ3n) is 4.73. The van der Waals surface area contributed by atoms with E-state index in [2.05, 4.69) is 6.92 Å². The maximum atomic E-state index is 12.7. The molecule has 2 aliphatic rings. The second kappa shape index (κ2) is 6.61. The standard InChI is InChI=1S/C17H24N2O3S/c1-14-6-5-9-18(13-14)17(20)15-7-4-8-16(12-15)23(21,22)19-10-2-3-11-19/h4,7-8,12,14H,2-3,5-6,9-11,13H2,1H3/t14-/m0/s1. The number of carbonyl (C=O) groups is 1. The first-order chi connectivity index (χ1) is 11.0. The van der Waals surface area contributed by atoms with Crippen molar-refractivity contribution in [3.05, 3.63) is 29.8 Å². The van der Waals surface area contributed by atoms with Gasteiger partial charge < -0.3 is 4.90 Å². The van der Waals surface area contributed by atoms with Crippen LogP contribution >= 0.6 is 0 Å². The molecule has 2 saturated heterocycles. The molecule has 126 valence electrons. The summed E-state index contributed by atoms with van der Waals surface area (Å²) in [4.78, 5) is 14.7. The number of carbonyl (C=O) groups excluding carboxylic acids is 1. The highest BCUT2D eigenvalue weighted by atomic mass is 32.2. The van der Waals surface area contributed by atoms with Gasteiger partial charge in [0.15, 0.2) is 0 Å². The largest absolute Gasteiger partial charge is 0.338 e. The SMILES string of the molecule is C[C@H]1CCCN(C(=O)c2cccc(S(=O)(=O)N3CCCC3)c2)C1. The molecule has 23 heavy (non-hydrogen) atoms. The van der Waals surface area contributed by atoms with E-state index in [1.54, 1.807) is 18.2 Å². The number of hydrogen-bond acceptors (Lipinski definition) is 3. The van der Waals surface area contributed by atoms with Gasteiger partial charge in [-0.15, -0.1) is 0 Å². The Morgan fingerprint density at radius 1 is 1.13 bits per heavy atom. The van der Waals surface area contributed by atoms with Gasteiger partial charge in [-0.25, -0.2) is 8.42 Å². The summed E-state index contributed by atoms with van der Waals surface area (Å²) in [6, 6.07) is 6.51. The average Bonchev–Trinajstić information content (AvgIpc) is 3.09. The highest BCUT2D eigenvalue weighted by molar-refractivity contribution is 7.89. The second-order valence-corrected chi connectivity index (χ2v) is 8.58. The van der Waals surface area contributed by atoms with Gasteiger partial charge in [-0.05, 0) is 49.8 Å². The quantitative estimate of drug-likeness (QED) is 0.851. The van der Waals surface area contributed by atoms with E-state index < -0.39 is 10.0 Å². The van der Waals surface area contributed by atoms with Crippen molar-refractivity contribution in [3.63, 3.8) is 0 Å². The lowest BCUT2D eigenvalue weighted by Gasteiger charge is -2.31. The number of sulfonamides is 1. The molecule has 0 N–H and O–H groups in total. The molecule has 0 saturated carbocycles. The van der Waals surface area contributed by atoms with Crippen molar-refractivity contribution in [1.29, 1.82) is 0 Å². The molecule has 0 bridgehead atoms. The van der Waals surface area contributed by atoms with Crippen LogP contribution in [0.15, 0.2) is 29.2 Å². The van der Waals surface area contributed by atoms with E-state index in [1.165, 1.54) is 10.4 Å². The van der Waals surface area contributed by atoms with Gasteiger partial charge in [0.1, 0.15) is 0 Å². The van der Waals surface area contributed by atoms with Gasteiger partial charge >= 0.3 is 0 Å². The van der Waals surface area contributed by atoms with Gasteiger partial charge in [0.05, 0.1) is 4.90 Å². The summed E-state index contributed by atoms with van der Waals surface area (Å²) in [5, 5.41) is 0. The van der Waals surface area contributed by atoms with Crippen LogP contribution < -0.4 is 0 Å². The lowest BCUT2D eigenvalue weighted by molar-refractivity contribution is 0.0683. The van der Waals surface area contributed by atoms with Gasteiger partial charge in [-0.1, -0.05) is 13.0 Å². The van der Waals surface area contributed by atoms with E-state index in [4.69, 9.17) is 0 Å². The summed E-state index contributed by atoms with van der Waals surface area (Å²) < 4.78 is 26.8. The predicted molar refractivity (Wildman–Crippen MR) is 88.7 cm³/mol. The maximum absolute atomic E-state index is 12.7. The van der Waals surface area contributed by atoms with Crippen LogP contribution in [0.25, 0.3) is 0 Å². The highest BCUT2D eigenvalue weighted by Crippen LogP contribution is 2.23. The van der Waals surface area contributed by atoms with Crippen LogP contribution in [0.4, 0.5) is 0 Å². The lowest BCUT2D eigenvalue weighted by Crippen LogP contribution is -2.39. The first-order valence-corrected chi connectivity index (χ1v) is 9.82. The van der Waals surface area contributed by atoms with Gasteiger partial charge in [-0.3, -0.25) is 4.79 Å². The van der Waals surface area contributed by atoms with E-state index in [0.29, 0.717) is 24.6 Å². The van der Waals surface area contributed by atoms with Crippen molar-refractivity contribution in [1.82, 2.24) is 9.21 Å². The molecule has 3 rings (SSSR count). The van der Waals surface area contributed by atoms with Gasteiger partial charge in [0, 0.05) is 31.7 Å². The molecule has 0 aliphatic carbocycles. The average molecular weight is 336 g/mol. The fourth-order valence-electron chi connectivity index (χ4n) is 3.42. The second-order valence-electron chi connectivity index (χ2n) is 6.64. The normalized spacial score (nSPS) is 23.2. The zero-order valence-corrected chi connectivity index (χ0v) is 14.4. The van der Waals surface area contributed by atoms with E-state index >= 15 is 0 Å². The van der Waals surface area contributed by atoms with E-state index in [9.17, 15) is 13.2 Å². The number of likely N-dealkylation sites (tertiary alicyclic amines) is 1. The van der Waals surface area contributed by atoms with Crippen LogP contribution in [-0.2, 0) is 10.0 Å². The summed E-state index contributed by atoms with van der Waals surface area (Å²) >= 11 is 0. The van der Waals surface area contributed by atoms with Crippen molar-refractivity contribution in [2.24, 2.45) is 5.92 Å². The van der Waals surface area contributed by atoms with Crippen LogP contribution in [-0.4, -0.2) is 49.7 Å². The van der Waals surface area contributed by atoms with Crippen molar-refractivity contribution in [2.75, 3.05) is 26.2 Å². The minimum Gasteiger partial charge on any atom is -0.338 e. The minimum absolute atomic E-state index is 0.0602. The molecule has 5 nitrogen and oxygen atoms in total. The molecule has 1 atom stereocenters. The monoisotopic (exact) mass is 336 g/mol. The van der Waals surface area contributed by atoms with Crippen LogP contribution in [0, 0.1) is 5.92 Å². The molecule has 0 spiro atoms. The Kier molecular flexibility index (Phi) is 4.73. The maximum Gasteiger partial charge on any atom is 0.253 e. The predicted octanol–water partition coefficient (Wildman–Crippen LogP) is 2.34. The molecule has 0 radical (unpaired) electrons. The third-order valence-corrected chi connectivity index (χ3v) is 6.62. The topological polar surface area (TPSA) is 57.7 Å². The summed E-state index contributed by atoms with van der Waals surface area (Å²) in [6.07, 6.45) is 3.97. The van der Waals surface area contributed by atoms with E-state index in [1.807, 2.05) is 4.90 Å². The van der Waals surface area contributed by atoms with Crippen LogP contribution in [0.1, 0.15) is 43.0 Å². The first kappa shape index (κ1) is 16.5. The Morgan fingerprint density at radius 3 is 2.57 bits per heavy atom. The fraction of sp³-hybridized carbons (Fsp3) is 0.588. The summed E-state index contributed by atoms with van der Waals surface area (Å²) in [5.74, 6) is 0.444. The summed E-state index contributed by atoms with van der Waals surface area (Å²) in [6.45, 7) is 4.80. The van der Waals surface area contributed by atoms with Crippen molar-refractivity contribution >= 4 is 15.9 Å². The Bertz CT molecular complexity index is 681. The van der Waals surface area contributed by atoms with Gasteiger partial charge in [-0.2, -0.15) is 4.31 Å². The number of nitrogens with zero attached hydrogens (tertiary/aromatic N) is 2. The molecule has 0 aromatic heterocycles. The van der Waals surface area contributed by atoms with Crippen molar-refractivity contribution < 1.29 is 13.2 Å². The Hall–Kier alpha value is -1.40. The number of amides is 1. The molecule has 1 aromatic rings. The molecule has 6 heteroatoms. The molecule has 2 fully saturated rings. The zero-order chi connectivity index (χ0) is 16.4. The molecule has 1 aromatic carbocycles. The highest BCUT2D eigenvalue weighted by Gasteiger charge is 2.28. The van der Waals surface area contributed by atoms with Crippen LogP contribution in [0.3, 0.4) is 0 Å². The number of piperidine rings is 1. The summed E-state index contributed by atoms with van der Waals surface area (Å²) in [7, 11) is -3.47. The van der Waals surface area contributed by atoms with E-state index in [-0.39, 0.29) is 10.8 Å². The van der Waals surface area contributed by atoms with Gasteiger partial charge in [0.25, 0.3) is 5.91 Å².